The van der Waals surface area contributed by atoms with Crippen LogP contribution in [0.5, 0.6) is 0 Å². The van der Waals surface area contributed by atoms with Crippen LogP contribution in [0.1, 0.15) is 51.5 Å². The Kier molecular flexibility index (Phi) is 3.50. The highest BCUT2D eigenvalue weighted by Gasteiger charge is 2.29. The third kappa shape index (κ3) is 2.68. The van der Waals surface area contributed by atoms with E-state index in [9.17, 15) is 0 Å². The molecule has 0 spiro atoms. The van der Waals surface area contributed by atoms with Gasteiger partial charge >= 0.3 is 0 Å². The third-order valence-corrected chi connectivity index (χ3v) is 3.61. The van der Waals surface area contributed by atoms with E-state index in [-0.39, 0.29) is 5.54 Å². The molecular weight excluding hydrogens is 212 g/mol. The van der Waals surface area contributed by atoms with Gasteiger partial charge in [-0.25, -0.2) is 9.97 Å². The van der Waals surface area contributed by atoms with Crippen molar-refractivity contribution in [1.82, 2.24) is 9.97 Å². The van der Waals surface area contributed by atoms with Crippen LogP contribution in [0.2, 0.25) is 0 Å². The van der Waals surface area contributed by atoms with E-state index < -0.39 is 0 Å². The Morgan fingerprint density at radius 1 is 1.35 bits per heavy atom. The molecule has 0 atom stereocenters. The minimum atomic E-state index is 0.184. The Labute approximate surface area is 103 Å². The molecule has 1 aliphatic carbocycles. The Hall–Kier alpha value is -1.32. The van der Waals surface area contributed by atoms with Crippen LogP contribution in [0.25, 0.3) is 0 Å². The lowest BCUT2D eigenvalue weighted by molar-refractivity contribution is 0.530. The Balaban J connectivity index is 2.22. The molecule has 0 unspecified atom stereocenters. The van der Waals surface area contributed by atoms with Crippen molar-refractivity contribution >= 4 is 11.6 Å². The zero-order valence-electron chi connectivity index (χ0n) is 10.8. The molecule has 0 radical (unpaired) electrons. The normalized spacial score (nSPS) is 18.2. The van der Waals surface area contributed by atoms with Gasteiger partial charge in [-0.15, -0.1) is 0 Å². The van der Waals surface area contributed by atoms with Gasteiger partial charge < -0.3 is 11.1 Å². The Bertz CT molecular complexity index is 383. The summed E-state index contributed by atoms with van der Waals surface area (Å²) in [6.45, 7) is 4.42. The molecule has 1 aliphatic rings. The fraction of sp³-hybridized carbons (Fsp3) is 0.692. The lowest BCUT2D eigenvalue weighted by atomic mass is 10.00. The molecule has 3 N–H and O–H groups in total. The van der Waals surface area contributed by atoms with E-state index in [2.05, 4.69) is 29.1 Å². The molecule has 0 aliphatic heterocycles. The predicted molar refractivity (Wildman–Crippen MR) is 70.9 cm³/mol. The van der Waals surface area contributed by atoms with E-state index in [1.54, 1.807) is 6.33 Å². The van der Waals surface area contributed by atoms with Gasteiger partial charge in [0.05, 0.1) is 0 Å². The highest BCUT2D eigenvalue weighted by molar-refractivity contribution is 5.56. The smallest absolute Gasteiger partial charge is 0.135 e. The van der Waals surface area contributed by atoms with Crippen LogP contribution < -0.4 is 11.1 Å². The van der Waals surface area contributed by atoms with Gasteiger partial charge in [0.15, 0.2) is 0 Å². The summed E-state index contributed by atoms with van der Waals surface area (Å²) in [4.78, 5) is 8.45. The van der Waals surface area contributed by atoms with E-state index in [1.807, 2.05) is 0 Å². The van der Waals surface area contributed by atoms with Crippen molar-refractivity contribution in [3.05, 3.63) is 11.9 Å². The van der Waals surface area contributed by atoms with E-state index in [4.69, 9.17) is 5.73 Å². The number of anilines is 2. The molecule has 1 aromatic rings. The largest absolute Gasteiger partial charge is 0.383 e. The van der Waals surface area contributed by atoms with Gasteiger partial charge in [0.25, 0.3) is 0 Å². The second-order valence-corrected chi connectivity index (χ2v) is 5.23. The molecule has 0 amide bonds. The lowest BCUT2D eigenvalue weighted by Gasteiger charge is -2.27. The SMILES string of the molecule is CCCc1c(N)ncnc1NC1(C)CCCC1. The summed E-state index contributed by atoms with van der Waals surface area (Å²) < 4.78 is 0. The number of nitrogen functional groups attached to an aromatic ring is 1. The van der Waals surface area contributed by atoms with Crippen LogP contribution in [-0.4, -0.2) is 15.5 Å². The third-order valence-electron chi connectivity index (χ3n) is 3.61. The lowest BCUT2D eigenvalue weighted by Crippen LogP contribution is -2.32. The van der Waals surface area contributed by atoms with Gasteiger partial charge in [-0.2, -0.15) is 0 Å². The predicted octanol–water partition coefficient (Wildman–Crippen LogP) is 2.76. The van der Waals surface area contributed by atoms with Crippen molar-refractivity contribution in [3.63, 3.8) is 0 Å². The standard InChI is InChI=1S/C13H22N4/c1-3-6-10-11(14)15-9-16-12(10)17-13(2)7-4-5-8-13/h9H,3-8H2,1-2H3,(H3,14,15,16,17). The van der Waals surface area contributed by atoms with Gasteiger partial charge in [0.2, 0.25) is 0 Å². The minimum absolute atomic E-state index is 0.184. The summed E-state index contributed by atoms with van der Waals surface area (Å²) in [7, 11) is 0. The van der Waals surface area contributed by atoms with Gasteiger partial charge in [-0.3, -0.25) is 0 Å². The average molecular weight is 234 g/mol. The first-order valence-electron chi connectivity index (χ1n) is 6.52. The summed E-state index contributed by atoms with van der Waals surface area (Å²) in [5.74, 6) is 1.55. The van der Waals surface area contributed by atoms with E-state index >= 15 is 0 Å². The summed E-state index contributed by atoms with van der Waals surface area (Å²) in [6, 6.07) is 0. The van der Waals surface area contributed by atoms with Crippen LogP contribution in [0.15, 0.2) is 6.33 Å². The summed E-state index contributed by atoms with van der Waals surface area (Å²) in [5, 5.41) is 3.58. The number of aromatic nitrogens is 2. The van der Waals surface area contributed by atoms with Crippen LogP contribution in [0, 0.1) is 0 Å². The molecule has 4 nitrogen and oxygen atoms in total. The highest BCUT2D eigenvalue weighted by atomic mass is 15.1. The molecule has 1 aromatic heterocycles. The fourth-order valence-corrected chi connectivity index (χ4v) is 2.60. The fourth-order valence-electron chi connectivity index (χ4n) is 2.60. The monoisotopic (exact) mass is 234 g/mol. The van der Waals surface area contributed by atoms with Crippen molar-refractivity contribution in [2.24, 2.45) is 0 Å². The second kappa shape index (κ2) is 4.90. The molecule has 1 fully saturated rings. The number of hydrogen-bond donors (Lipinski definition) is 2. The topological polar surface area (TPSA) is 63.8 Å². The quantitative estimate of drug-likeness (QED) is 0.840. The number of nitrogens with one attached hydrogen (secondary N) is 1. The molecule has 1 heterocycles. The number of nitrogens with zero attached hydrogens (tertiary/aromatic N) is 2. The molecule has 0 saturated heterocycles. The summed E-state index contributed by atoms with van der Waals surface area (Å²) in [5.41, 5.74) is 7.19. The number of rotatable bonds is 4. The first-order chi connectivity index (χ1) is 8.14. The maximum absolute atomic E-state index is 5.93. The first kappa shape index (κ1) is 12.1. The van der Waals surface area contributed by atoms with Crippen LogP contribution in [0.4, 0.5) is 11.6 Å². The van der Waals surface area contributed by atoms with Crippen molar-refractivity contribution in [3.8, 4) is 0 Å². The van der Waals surface area contributed by atoms with E-state index in [0.29, 0.717) is 5.82 Å². The van der Waals surface area contributed by atoms with Crippen molar-refractivity contribution in [1.29, 1.82) is 0 Å². The molecular formula is C13H22N4. The maximum atomic E-state index is 5.93. The minimum Gasteiger partial charge on any atom is -0.383 e. The van der Waals surface area contributed by atoms with E-state index in [0.717, 1.165) is 24.2 Å². The Morgan fingerprint density at radius 2 is 2.06 bits per heavy atom. The van der Waals surface area contributed by atoms with E-state index in [1.165, 1.54) is 25.7 Å². The maximum Gasteiger partial charge on any atom is 0.135 e. The van der Waals surface area contributed by atoms with Crippen molar-refractivity contribution in [2.45, 2.75) is 57.9 Å². The molecule has 17 heavy (non-hydrogen) atoms. The van der Waals surface area contributed by atoms with Gasteiger partial charge in [-0.05, 0) is 26.2 Å². The van der Waals surface area contributed by atoms with Gasteiger partial charge in [0.1, 0.15) is 18.0 Å². The Morgan fingerprint density at radius 3 is 2.71 bits per heavy atom. The molecule has 2 rings (SSSR count). The molecule has 1 saturated carbocycles. The number of hydrogen-bond acceptors (Lipinski definition) is 4. The first-order valence-corrected chi connectivity index (χ1v) is 6.52. The zero-order valence-corrected chi connectivity index (χ0v) is 10.8. The molecule has 94 valence electrons. The summed E-state index contributed by atoms with van der Waals surface area (Å²) >= 11 is 0. The van der Waals surface area contributed by atoms with Gasteiger partial charge in [-0.1, -0.05) is 26.2 Å². The highest BCUT2D eigenvalue weighted by Crippen LogP contribution is 2.33. The van der Waals surface area contributed by atoms with Crippen molar-refractivity contribution < 1.29 is 0 Å². The summed E-state index contributed by atoms with van der Waals surface area (Å²) in [6.07, 6.45) is 8.56. The molecule has 4 heteroatoms. The number of nitrogens with two attached hydrogens (primary N) is 1. The van der Waals surface area contributed by atoms with Crippen LogP contribution >= 0.6 is 0 Å². The van der Waals surface area contributed by atoms with Crippen molar-refractivity contribution in [2.75, 3.05) is 11.1 Å². The second-order valence-electron chi connectivity index (χ2n) is 5.23. The zero-order chi connectivity index (χ0) is 12.3. The van der Waals surface area contributed by atoms with Gasteiger partial charge in [0, 0.05) is 11.1 Å². The van der Waals surface area contributed by atoms with Crippen LogP contribution in [0.3, 0.4) is 0 Å². The van der Waals surface area contributed by atoms with Crippen LogP contribution in [-0.2, 0) is 6.42 Å². The molecule has 0 aromatic carbocycles. The average Bonchev–Trinajstić information content (AvgIpc) is 2.70. The molecule has 0 bridgehead atoms.